The maximum Gasteiger partial charge on any atom is 0.219 e. The summed E-state index contributed by atoms with van der Waals surface area (Å²) in [5.74, 6) is 1.29. The molecule has 1 unspecified atom stereocenters. The average molecular weight is 487 g/mol. The number of imidazole rings is 1. The Morgan fingerprint density at radius 2 is 1.91 bits per heavy atom. The molecule has 2 aliphatic rings. The fourth-order valence-corrected chi connectivity index (χ4v) is 6.09. The molecule has 5 heterocycles. The molecule has 33 heavy (non-hydrogen) atoms. The van der Waals surface area contributed by atoms with Crippen molar-refractivity contribution in [1.29, 1.82) is 0 Å². The van der Waals surface area contributed by atoms with Gasteiger partial charge in [-0.05, 0) is 30.7 Å². The van der Waals surface area contributed by atoms with Gasteiger partial charge in [-0.3, -0.25) is 9.20 Å². The number of aromatic nitrogens is 4. The number of likely N-dealkylation sites (tertiary alicyclic amines) is 1. The van der Waals surface area contributed by atoms with Crippen molar-refractivity contribution in [1.82, 2.24) is 24.3 Å². The number of fused-ring (bicyclic) bond motifs is 1. The van der Waals surface area contributed by atoms with E-state index in [9.17, 15) is 4.79 Å². The normalized spacial score (nSPS) is 20.5. The van der Waals surface area contributed by atoms with E-state index in [1.54, 1.807) is 19.3 Å². The van der Waals surface area contributed by atoms with Crippen LogP contribution in [0.2, 0.25) is 5.02 Å². The van der Waals surface area contributed by atoms with Gasteiger partial charge in [-0.2, -0.15) is 0 Å². The number of carbonyl (C=O) groups excluding carboxylic acids is 1. The summed E-state index contributed by atoms with van der Waals surface area (Å²) in [4.78, 5) is 31.0. The molecule has 0 aromatic carbocycles. The van der Waals surface area contributed by atoms with Gasteiger partial charge in [0, 0.05) is 68.8 Å². The second kappa shape index (κ2) is 8.66. The van der Waals surface area contributed by atoms with E-state index in [0.29, 0.717) is 17.4 Å². The van der Waals surface area contributed by atoms with Crippen LogP contribution in [0, 0.1) is 5.41 Å². The maximum atomic E-state index is 11.8. The second-order valence-corrected chi connectivity index (χ2v) is 10.3. The third-order valence-corrected chi connectivity index (χ3v) is 8.62. The van der Waals surface area contributed by atoms with Gasteiger partial charge < -0.3 is 21.3 Å². The van der Waals surface area contributed by atoms with Crippen molar-refractivity contribution in [2.75, 3.05) is 36.8 Å². The highest BCUT2D eigenvalue weighted by Gasteiger charge is 2.44. The predicted octanol–water partition coefficient (Wildman–Crippen LogP) is 2.68. The highest BCUT2D eigenvalue weighted by molar-refractivity contribution is 7.99. The summed E-state index contributed by atoms with van der Waals surface area (Å²) in [5, 5.41) is 0.435. The van der Waals surface area contributed by atoms with Crippen LogP contribution in [-0.4, -0.2) is 62.4 Å². The number of carbonyl (C=O) groups is 1. The summed E-state index contributed by atoms with van der Waals surface area (Å²) in [6.45, 7) is 4.80. The summed E-state index contributed by atoms with van der Waals surface area (Å²) < 4.78 is 2.02. The number of nitrogens with zero attached hydrogens (tertiary/aromatic N) is 6. The van der Waals surface area contributed by atoms with Gasteiger partial charge in [-0.25, -0.2) is 15.0 Å². The fraction of sp³-hybridized carbons (Fsp3) is 0.455. The summed E-state index contributed by atoms with van der Waals surface area (Å²) in [6.07, 6.45) is 10.1. The molecule has 0 saturated carbocycles. The lowest BCUT2D eigenvalue weighted by atomic mass is 9.68. The molecule has 2 fully saturated rings. The first-order valence-corrected chi connectivity index (χ1v) is 12.2. The van der Waals surface area contributed by atoms with Gasteiger partial charge in [0.05, 0.1) is 9.92 Å². The van der Waals surface area contributed by atoms with Crippen molar-refractivity contribution in [3.05, 3.63) is 35.9 Å². The number of amides is 1. The van der Waals surface area contributed by atoms with Crippen LogP contribution < -0.4 is 16.4 Å². The summed E-state index contributed by atoms with van der Waals surface area (Å²) >= 11 is 7.81. The quantitative estimate of drug-likeness (QED) is 0.580. The number of pyridine rings is 1. The van der Waals surface area contributed by atoms with E-state index in [0.717, 1.165) is 60.3 Å². The number of halogens is 1. The summed E-state index contributed by atoms with van der Waals surface area (Å²) in [6, 6.07) is 1.84. The Labute approximate surface area is 201 Å². The second-order valence-electron chi connectivity index (χ2n) is 8.82. The van der Waals surface area contributed by atoms with Gasteiger partial charge >= 0.3 is 0 Å². The summed E-state index contributed by atoms with van der Waals surface area (Å²) in [7, 11) is 0. The average Bonchev–Trinajstić information content (AvgIpc) is 3.30. The van der Waals surface area contributed by atoms with Crippen molar-refractivity contribution in [3.8, 4) is 0 Å². The number of rotatable bonds is 3. The molecule has 1 spiro atoms. The first-order valence-electron chi connectivity index (χ1n) is 11.0. The van der Waals surface area contributed by atoms with E-state index >= 15 is 0 Å². The number of anilines is 2. The number of hydrogen-bond donors (Lipinski definition) is 2. The molecular formula is C22H27ClN8OS. The number of piperidine rings is 2. The van der Waals surface area contributed by atoms with Crippen LogP contribution in [0.25, 0.3) is 5.65 Å². The monoisotopic (exact) mass is 486 g/mol. The Morgan fingerprint density at radius 3 is 2.64 bits per heavy atom. The molecule has 2 aliphatic heterocycles. The molecule has 0 aliphatic carbocycles. The third kappa shape index (κ3) is 4.00. The van der Waals surface area contributed by atoms with Crippen molar-refractivity contribution in [2.24, 2.45) is 11.1 Å². The van der Waals surface area contributed by atoms with Crippen LogP contribution in [0.3, 0.4) is 0 Å². The number of hydrogen-bond acceptors (Lipinski definition) is 8. The van der Waals surface area contributed by atoms with Crippen molar-refractivity contribution in [2.45, 2.75) is 42.0 Å². The highest BCUT2D eigenvalue weighted by Crippen LogP contribution is 2.42. The standard InChI is InChI=1S/C22H27ClN8OS/c1-14(32)30-10-5-22(17(24)13-30)3-8-29(9-4-22)21-28-12-16(20-27-7-11-31(20)21)33-15-2-6-26-19(25)18(15)23/h2,6-7,11-12,17H,3-5,8-10,13,24H2,1H3,(H2,25,26). The molecule has 3 aromatic heterocycles. The zero-order valence-electron chi connectivity index (χ0n) is 18.4. The Bertz CT molecular complexity index is 1190. The molecule has 2 saturated heterocycles. The molecule has 3 aromatic rings. The molecule has 9 nitrogen and oxygen atoms in total. The Kier molecular flexibility index (Phi) is 5.84. The van der Waals surface area contributed by atoms with Gasteiger partial charge in [0.2, 0.25) is 11.9 Å². The lowest BCUT2D eigenvalue weighted by molar-refractivity contribution is -0.132. The van der Waals surface area contributed by atoms with Crippen LogP contribution in [0.5, 0.6) is 0 Å². The van der Waals surface area contributed by atoms with E-state index in [2.05, 4.69) is 14.9 Å². The zero-order chi connectivity index (χ0) is 23.2. The smallest absolute Gasteiger partial charge is 0.219 e. The molecule has 11 heteroatoms. The minimum absolute atomic E-state index is 0.00912. The van der Waals surface area contributed by atoms with Gasteiger partial charge in [-0.15, -0.1) is 0 Å². The van der Waals surface area contributed by atoms with Crippen LogP contribution in [-0.2, 0) is 4.79 Å². The topological polar surface area (TPSA) is 119 Å². The van der Waals surface area contributed by atoms with E-state index in [1.807, 2.05) is 27.8 Å². The minimum atomic E-state index is 0.00912. The molecule has 0 bridgehead atoms. The third-order valence-electron chi connectivity index (χ3n) is 7.05. The Balaban J connectivity index is 1.35. The van der Waals surface area contributed by atoms with E-state index < -0.39 is 0 Å². The van der Waals surface area contributed by atoms with E-state index in [4.69, 9.17) is 28.1 Å². The largest absolute Gasteiger partial charge is 0.382 e. The predicted molar refractivity (Wildman–Crippen MR) is 129 cm³/mol. The lowest BCUT2D eigenvalue weighted by Crippen LogP contribution is -2.59. The lowest BCUT2D eigenvalue weighted by Gasteiger charge is -2.50. The van der Waals surface area contributed by atoms with Gasteiger partial charge in [0.1, 0.15) is 5.82 Å². The van der Waals surface area contributed by atoms with Gasteiger partial charge in [0.15, 0.2) is 5.65 Å². The molecule has 0 radical (unpaired) electrons. The molecule has 4 N–H and O–H groups in total. The van der Waals surface area contributed by atoms with Crippen molar-refractivity contribution < 1.29 is 4.79 Å². The first kappa shape index (κ1) is 22.2. The molecular weight excluding hydrogens is 460 g/mol. The molecule has 1 amide bonds. The Morgan fingerprint density at radius 1 is 1.15 bits per heavy atom. The molecule has 174 valence electrons. The van der Waals surface area contributed by atoms with Gasteiger partial charge in [0.25, 0.3) is 0 Å². The maximum absolute atomic E-state index is 11.8. The van der Waals surface area contributed by atoms with Crippen LogP contribution in [0.1, 0.15) is 26.2 Å². The van der Waals surface area contributed by atoms with Crippen LogP contribution in [0.4, 0.5) is 11.8 Å². The SMILES string of the molecule is CC(=O)N1CCC2(CCN(c3ncc(Sc4ccnc(N)c4Cl)c4nccn34)CC2)C(N)C1. The van der Waals surface area contributed by atoms with Gasteiger partial charge in [-0.1, -0.05) is 23.4 Å². The van der Waals surface area contributed by atoms with Crippen LogP contribution in [0.15, 0.2) is 40.6 Å². The van der Waals surface area contributed by atoms with Crippen LogP contribution >= 0.6 is 23.4 Å². The van der Waals surface area contributed by atoms with Crippen molar-refractivity contribution >= 4 is 46.7 Å². The number of nitrogens with two attached hydrogens (primary N) is 2. The van der Waals surface area contributed by atoms with E-state index in [1.165, 1.54) is 11.8 Å². The van der Waals surface area contributed by atoms with Crippen molar-refractivity contribution in [3.63, 3.8) is 0 Å². The first-order chi connectivity index (χ1) is 15.9. The summed E-state index contributed by atoms with van der Waals surface area (Å²) in [5.41, 5.74) is 13.3. The Hall–Kier alpha value is -2.56. The minimum Gasteiger partial charge on any atom is -0.382 e. The number of nitrogen functional groups attached to an aromatic ring is 1. The molecule has 1 atom stereocenters. The fourth-order valence-electron chi connectivity index (χ4n) is 4.95. The molecule has 5 rings (SSSR count). The zero-order valence-corrected chi connectivity index (χ0v) is 20.0. The van der Waals surface area contributed by atoms with E-state index in [-0.39, 0.29) is 17.4 Å². The highest BCUT2D eigenvalue weighted by atomic mass is 35.5.